The molecule has 0 spiro atoms. The number of nitrogens with one attached hydrogen (secondary N) is 2. The predicted molar refractivity (Wildman–Crippen MR) is 95.5 cm³/mol. The topological polar surface area (TPSA) is 85.2 Å². The van der Waals surface area contributed by atoms with Crippen LogP contribution in [0.2, 0.25) is 0 Å². The van der Waals surface area contributed by atoms with Crippen molar-refractivity contribution in [3.8, 4) is 0 Å². The zero-order chi connectivity index (χ0) is 17.2. The van der Waals surface area contributed by atoms with Crippen LogP contribution in [0.4, 0.5) is 0 Å². The minimum Gasteiger partial charge on any atom is -0.467 e. The minimum atomic E-state index is -0.855. The summed E-state index contributed by atoms with van der Waals surface area (Å²) >= 11 is 0. The Kier molecular flexibility index (Phi) is 6.46. The van der Waals surface area contributed by atoms with Crippen LogP contribution in [0.3, 0.4) is 0 Å². The van der Waals surface area contributed by atoms with Crippen molar-refractivity contribution in [2.24, 2.45) is 13.0 Å². The molecule has 1 saturated heterocycles. The maximum Gasteiger partial charge on any atom is 0.331 e. The molecule has 1 aromatic rings. The van der Waals surface area contributed by atoms with Crippen LogP contribution >= 0.6 is 12.4 Å². The van der Waals surface area contributed by atoms with Crippen molar-refractivity contribution < 1.29 is 14.3 Å². The van der Waals surface area contributed by atoms with Crippen LogP contribution in [0.5, 0.6) is 0 Å². The molecular formula is C17H27ClN4O3. The van der Waals surface area contributed by atoms with Crippen LogP contribution in [0.15, 0.2) is 12.4 Å². The highest BCUT2D eigenvalue weighted by molar-refractivity contribution is 5.89. The van der Waals surface area contributed by atoms with Crippen LogP contribution in [-0.4, -0.2) is 47.4 Å². The number of hydrogen-bond donors (Lipinski definition) is 2. The number of carbonyl (C=O) groups excluding carboxylic acids is 2. The van der Waals surface area contributed by atoms with Crippen LogP contribution in [0, 0.1) is 5.92 Å². The van der Waals surface area contributed by atoms with Gasteiger partial charge in [-0.15, -0.1) is 12.4 Å². The number of amides is 1. The number of esters is 1. The van der Waals surface area contributed by atoms with Gasteiger partial charge in [-0.05, 0) is 18.4 Å². The number of hydrogen-bond acceptors (Lipinski definition) is 5. The van der Waals surface area contributed by atoms with Crippen LogP contribution in [0.25, 0.3) is 0 Å². The Balaban J connectivity index is 0.00000225. The zero-order valence-corrected chi connectivity index (χ0v) is 15.6. The van der Waals surface area contributed by atoms with Crippen molar-refractivity contribution in [2.75, 3.05) is 20.2 Å². The lowest BCUT2D eigenvalue weighted by Crippen LogP contribution is -2.57. The molecule has 2 heterocycles. The summed E-state index contributed by atoms with van der Waals surface area (Å²) in [6.07, 6.45) is 8.04. The number of rotatable bonds is 4. The highest BCUT2D eigenvalue weighted by atomic mass is 35.5. The van der Waals surface area contributed by atoms with Gasteiger partial charge in [0.15, 0.2) is 0 Å². The van der Waals surface area contributed by atoms with E-state index in [4.69, 9.17) is 4.74 Å². The van der Waals surface area contributed by atoms with E-state index in [1.807, 2.05) is 19.4 Å². The number of halogens is 1. The summed E-state index contributed by atoms with van der Waals surface area (Å²) in [6, 6.07) is 0. The van der Waals surface area contributed by atoms with Gasteiger partial charge in [0, 0.05) is 32.3 Å². The number of nitrogens with zero attached hydrogens (tertiary/aromatic N) is 2. The Bertz CT molecular complexity index is 613. The first-order valence-corrected chi connectivity index (χ1v) is 8.65. The van der Waals surface area contributed by atoms with Gasteiger partial charge in [0.2, 0.25) is 5.91 Å². The van der Waals surface area contributed by atoms with E-state index in [0.717, 1.165) is 31.4 Å². The quantitative estimate of drug-likeness (QED) is 0.776. The number of carbonyl (C=O) groups is 2. The highest BCUT2D eigenvalue weighted by Gasteiger charge is 2.45. The molecule has 2 N–H and O–H groups in total. The summed E-state index contributed by atoms with van der Waals surface area (Å²) in [6.45, 7) is 1.36. The summed E-state index contributed by atoms with van der Waals surface area (Å²) < 4.78 is 6.74. The number of methoxy groups -OCH3 is 1. The van der Waals surface area contributed by atoms with E-state index in [1.165, 1.54) is 7.11 Å². The molecule has 0 aromatic carbocycles. The summed E-state index contributed by atoms with van der Waals surface area (Å²) in [7, 11) is 3.26. The molecule has 7 nitrogen and oxygen atoms in total. The first kappa shape index (κ1) is 19.7. The largest absolute Gasteiger partial charge is 0.467 e. The Morgan fingerprint density at radius 1 is 1.32 bits per heavy atom. The molecule has 3 rings (SSSR count). The van der Waals surface area contributed by atoms with E-state index in [1.54, 1.807) is 4.68 Å². The lowest BCUT2D eigenvalue weighted by Gasteiger charge is -2.36. The maximum absolute atomic E-state index is 12.9. The van der Waals surface area contributed by atoms with E-state index in [9.17, 15) is 9.59 Å². The van der Waals surface area contributed by atoms with Crippen molar-refractivity contribution in [3.05, 3.63) is 18.0 Å². The molecule has 1 aromatic heterocycles. The molecular weight excluding hydrogens is 344 g/mol. The van der Waals surface area contributed by atoms with Crippen molar-refractivity contribution in [2.45, 2.75) is 43.6 Å². The third kappa shape index (κ3) is 3.98. The Labute approximate surface area is 154 Å². The zero-order valence-electron chi connectivity index (χ0n) is 14.8. The van der Waals surface area contributed by atoms with Crippen molar-refractivity contribution in [1.29, 1.82) is 0 Å². The molecule has 2 atom stereocenters. The fraction of sp³-hybridized carbons (Fsp3) is 0.706. The molecule has 140 valence electrons. The first-order valence-electron chi connectivity index (χ1n) is 8.65. The monoisotopic (exact) mass is 370 g/mol. The summed E-state index contributed by atoms with van der Waals surface area (Å²) in [5.41, 5.74) is 0.199. The molecule has 2 aliphatic rings. The van der Waals surface area contributed by atoms with Crippen LogP contribution in [0.1, 0.15) is 43.6 Å². The third-order valence-electron chi connectivity index (χ3n) is 5.35. The minimum absolute atomic E-state index is 0. The normalized spacial score (nSPS) is 25.0. The van der Waals surface area contributed by atoms with Crippen molar-refractivity contribution in [3.63, 3.8) is 0 Å². The van der Waals surface area contributed by atoms with Gasteiger partial charge in [-0.25, -0.2) is 4.79 Å². The van der Waals surface area contributed by atoms with Gasteiger partial charge in [0.1, 0.15) is 5.54 Å². The van der Waals surface area contributed by atoms with Gasteiger partial charge < -0.3 is 15.4 Å². The molecule has 25 heavy (non-hydrogen) atoms. The maximum atomic E-state index is 12.9. The second-order valence-corrected chi connectivity index (χ2v) is 6.94. The average molecular weight is 371 g/mol. The van der Waals surface area contributed by atoms with Gasteiger partial charge in [0.05, 0.1) is 19.2 Å². The van der Waals surface area contributed by atoms with Crippen molar-refractivity contribution in [1.82, 2.24) is 20.4 Å². The molecule has 2 fully saturated rings. The lowest BCUT2D eigenvalue weighted by atomic mass is 9.80. The average Bonchev–Trinajstić information content (AvgIpc) is 3.23. The summed E-state index contributed by atoms with van der Waals surface area (Å²) in [5.74, 6) is -0.504. The number of aromatic nitrogens is 2. The van der Waals surface area contributed by atoms with Gasteiger partial charge in [-0.3, -0.25) is 9.48 Å². The van der Waals surface area contributed by atoms with Gasteiger partial charge in [0.25, 0.3) is 0 Å². The Morgan fingerprint density at radius 2 is 2.04 bits per heavy atom. The van der Waals surface area contributed by atoms with Crippen LogP contribution in [-0.2, 0) is 21.4 Å². The lowest BCUT2D eigenvalue weighted by molar-refractivity contribution is -0.153. The molecule has 0 bridgehead atoms. The summed E-state index contributed by atoms with van der Waals surface area (Å²) in [5, 5.41) is 10.5. The van der Waals surface area contributed by atoms with E-state index in [-0.39, 0.29) is 36.1 Å². The molecule has 1 aliphatic heterocycles. The standard InChI is InChI=1S/C17H26N4O3.ClH/c1-21-11-12(8-19-21)13-9-18-10-14(13)15(22)20-17(16(23)24-2)6-4-3-5-7-17;/h8,11,13-14,18H,3-7,9-10H2,1-2H3,(H,20,22);1H/t13-,14+;/m1./s1. The Morgan fingerprint density at radius 3 is 2.64 bits per heavy atom. The molecule has 1 aliphatic carbocycles. The smallest absolute Gasteiger partial charge is 0.331 e. The van der Waals surface area contributed by atoms with Crippen molar-refractivity contribution >= 4 is 24.3 Å². The second kappa shape index (κ2) is 8.19. The van der Waals surface area contributed by atoms with E-state index >= 15 is 0 Å². The van der Waals surface area contributed by atoms with Gasteiger partial charge in [-0.2, -0.15) is 5.10 Å². The van der Waals surface area contributed by atoms with Crippen LogP contribution < -0.4 is 10.6 Å². The highest BCUT2D eigenvalue weighted by Crippen LogP contribution is 2.32. The van der Waals surface area contributed by atoms with E-state index in [2.05, 4.69) is 15.7 Å². The fourth-order valence-electron chi connectivity index (χ4n) is 4.00. The second-order valence-electron chi connectivity index (χ2n) is 6.94. The van der Waals surface area contributed by atoms with Gasteiger partial charge >= 0.3 is 5.97 Å². The van der Waals surface area contributed by atoms with E-state index in [0.29, 0.717) is 19.4 Å². The SMILES string of the molecule is COC(=O)C1(NC(=O)[C@H]2CNC[C@@H]2c2cnn(C)c2)CCCCC1.Cl. The first-order chi connectivity index (χ1) is 11.6. The number of aryl methyl sites for hydroxylation is 1. The molecule has 0 radical (unpaired) electrons. The van der Waals surface area contributed by atoms with Gasteiger partial charge in [-0.1, -0.05) is 19.3 Å². The predicted octanol–water partition coefficient (Wildman–Crippen LogP) is 1.14. The van der Waals surface area contributed by atoms with E-state index < -0.39 is 5.54 Å². The Hall–Kier alpha value is -1.60. The molecule has 8 heteroatoms. The molecule has 1 saturated carbocycles. The fourth-order valence-corrected chi connectivity index (χ4v) is 4.00. The summed E-state index contributed by atoms with van der Waals surface area (Å²) in [4.78, 5) is 25.3. The number of ether oxygens (including phenoxy) is 1. The molecule has 0 unspecified atom stereocenters. The molecule has 1 amide bonds. The third-order valence-corrected chi connectivity index (χ3v) is 5.35.